The van der Waals surface area contributed by atoms with Crippen molar-refractivity contribution in [2.45, 2.75) is 18.7 Å². The van der Waals surface area contributed by atoms with E-state index in [1.165, 1.54) is 23.1 Å². The summed E-state index contributed by atoms with van der Waals surface area (Å²) >= 11 is 0. The average molecular weight is 354 g/mol. The summed E-state index contributed by atoms with van der Waals surface area (Å²) < 4.78 is 56.8. The number of pyridine rings is 1. The number of halogens is 4. The second-order valence-electron chi connectivity index (χ2n) is 5.67. The normalized spacial score (nSPS) is 17.6. The van der Waals surface area contributed by atoms with Crippen LogP contribution in [0.1, 0.15) is 22.3 Å². The number of hydrogen-bond acceptors (Lipinski definition) is 3. The molecular formula is C17H14F4N2O2. The molecule has 0 N–H and O–H groups in total. The first kappa shape index (κ1) is 17.2. The Morgan fingerprint density at radius 3 is 2.76 bits per heavy atom. The summed E-state index contributed by atoms with van der Waals surface area (Å²) in [6.45, 7) is 0.576. The van der Waals surface area contributed by atoms with E-state index in [-0.39, 0.29) is 23.9 Å². The molecule has 8 heteroatoms. The van der Waals surface area contributed by atoms with E-state index in [0.29, 0.717) is 13.0 Å². The molecule has 2 heterocycles. The van der Waals surface area contributed by atoms with Gasteiger partial charge in [-0.15, -0.1) is 0 Å². The fraction of sp³-hybridized carbons (Fsp3) is 0.294. The minimum atomic E-state index is -4.48. The predicted octanol–water partition coefficient (Wildman–Crippen LogP) is 3.53. The van der Waals surface area contributed by atoms with Crippen LogP contribution in [0.2, 0.25) is 0 Å². The molecule has 3 rings (SSSR count). The molecule has 1 fully saturated rings. The van der Waals surface area contributed by atoms with Gasteiger partial charge in [0.2, 0.25) is 5.88 Å². The Balaban J connectivity index is 1.65. The van der Waals surface area contributed by atoms with Crippen molar-refractivity contribution < 1.29 is 27.1 Å². The second-order valence-corrected chi connectivity index (χ2v) is 5.67. The maximum atomic E-state index is 13.2. The Kier molecular flexibility index (Phi) is 4.61. The van der Waals surface area contributed by atoms with Gasteiger partial charge >= 0.3 is 6.18 Å². The number of nitrogens with zero attached hydrogens (tertiary/aromatic N) is 2. The van der Waals surface area contributed by atoms with Crippen LogP contribution >= 0.6 is 0 Å². The number of benzene rings is 1. The Hall–Kier alpha value is -2.64. The Bertz CT molecular complexity index is 779. The van der Waals surface area contributed by atoms with E-state index >= 15 is 0 Å². The summed E-state index contributed by atoms with van der Waals surface area (Å²) in [6, 6.07) is 7.03. The van der Waals surface area contributed by atoms with Gasteiger partial charge in [0.1, 0.15) is 11.9 Å². The molecule has 0 radical (unpaired) electrons. The van der Waals surface area contributed by atoms with Crippen molar-refractivity contribution in [1.29, 1.82) is 0 Å². The first-order valence-electron chi connectivity index (χ1n) is 7.57. The summed E-state index contributed by atoms with van der Waals surface area (Å²) in [7, 11) is 0. The molecular weight excluding hydrogens is 340 g/mol. The Morgan fingerprint density at radius 2 is 2.04 bits per heavy atom. The van der Waals surface area contributed by atoms with Crippen LogP contribution in [-0.4, -0.2) is 35.0 Å². The van der Waals surface area contributed by atoms with Gasteiger partial charge in [-0.05, 0) is 24.3 Å². The molecule has 1 saturated heterocycles. The van der Waals surface area contributed by atoms with E-state index < -0.39 is 23.7 Å². The lowest BCUT2D eigenvalue weighted by Crippen LogP contribution is -2.31. The van der Waals surface area contributed by atoms with Crippen LogP contribution in [0, 0.1) is 5.82 Å². The summed E-state index contributed by atoms with van der Waals surface area (Å²) in [4.78, 5) is 17.6. The number of ether oxygens (including phenoxy) is 1. The highest BCUT2D eigenvalue weighted by Gasteiger charge is 2.32. The van der Waals surface area contributed by atoms with Crippen LogP contribution in [0.3, 0.4) is 0 Å². The third kappa shape index (κ3) is 4.07. The largest absolute Gasteiger partial charge is 0.472 e. The monoisotopic (exact) mass is 354 g/mol. The van der Waals surface area contributed by atoms with E-state index in [1.807, 2.05) is 0 Å². The lowest BCUT2D eigenvalue weighted by atomic mass is 10.2. The lowest BCUT2D eigenvalue weighted by Gasteiger charge is -2.17. The van der Waals surface area contributed by atoms with Gasteiger partial charge in [-0.2, -0.15) is 13.2 Å². The van der Waals surface area contributed by atoms with E-state index in [9.17, 15) is 22.4 Å². The molecule has 1 amide bonds. The van der Waals surface area contributed by atoms with E-state index in [2.05, 4.69) is 4.98 Å². The van der Waals surface area contributed by atoms with E-state index in [0.717, 1.165) is 24.4 Å². The van der Waals surface area contributed by atoms with Crippen molar-refractivity contribution in [3.63, 3.8) is 0 Å². The fourth-order valence-electron chi connectivity index (χ4n) is 2.63. The van der Waals surface area contributed by atoms with Crippen LogP contribution in [0.15, 0.2) is 42.6 Å². The highest BCUT2D eigenvalue weighted by atomic mass is 19.4. The number of alkyl halides is 3. The third-order valence-electron chi connectivity index (χ3n) is 3.85. The summed E-state index contributed by atoms with van der Waals surface area (Å²) in [6.07, 6.45) is -3.45. The number of carbonyl (C=O) groups is 1. The minimum Gasteiger partial charge on any atom is -0.472 e. The molecule has 1 aromatic carbocycles. The summed E-state index contributed by atoms with van der Waals surface area (Å²) in [5.74, 6) is -0.992. The zero-order valence-electron chi connectivity index (χ0n) is 13.0. The number of hydrogen-bond donors (Lipinski definition) is 0. The number of aromatic nitrogens is 1. The molecule has 1 aliphatic heterocycles. The fourth-order valence-corrected chi connectivity index (χ4v) is 2.63. The van der Waals surface area contributed by atoms with Gasteiger partial charge in [0.05, 0.1) is 12.1 Å². The molecule has 1 atom stereocenters. The summed E-state index contributed by atoms with van der Waals surface area (Å²) in [5.41, 5.74) is -0.624. The van der Waals surface area contributed by atoms with Crippen molar-refractivity contribution in [3.05, 3.63) is 59.5 Å². The first-order chi connectivity index (χ1) is 11.8. The maximum absolute atomic E-state index is 13.2. The average Bonchev–Trinajstić information content (AvgIpc) is 3.02. The molecule has 0 saturated carbocycles. The topological polar surface area (TPSA) is 42.4 Å². The van der Waals surface area contributed by atoms with Crippen LogP contribution in [0.4, 0.5) is 17.6 Å². The van der Waals surface area contributed by atoms with Crippen molar-refractivity contribution >= 4 is 5.91 Å². The number of amides is 1. The van der Waals surface area contributed by atoms with Gasteiger partial charge in [-0.3, -0.25) is 4.79 Å². The zero-order valence-corrected chi connectivity index (χ0v) is 13.0. The van der Waals surface area contributed by atoms with Crippen molar-refractivity contribution in [1.82, 2.24) is 9.88 Å². The molecule has 0 aliphatic carbocycles. The predicted molar refractivity (Wildman–Crippen MR) is 80.6 cm³/mol. The summed E-state index contributed by atoms with van der Waals surface area (Å²) in [5, 5.41) is 0. The van der Waals surface area contributed by atoms with Crippen molar-refractivity contribution in [3.8, 4) is 5.88 Å². The maximum Gasteiger partial charge on any atom is 0.416 e. The zero-order chi connectivity index (χ0) is 18.0. The van der Waals surface area contributed by atoms with E-state index in [1.54, 1.807) is 0 Å². The van der Waals surface area contributed by atoms with Crippen LogP contribution in [0.5, 0.6) is 5.88 Å². The molecule has 25 heavy (non-hydrogen) atoms. The SMILES string of the molecule is O=C(c1cccc(F)c1)N1CCC(Oc2cc(C(F)(F)F)ccn2)C1. The van der Waals surface area contributed by atoms with Crippen molar-refractivity contribution in [2.75, 3.05) is 13.1 Å². The van der Waals surface area contributed by atoms with Gasteiger partial charge in [-0.25, -0.2) is 9.37 Å². The highest BCUT2D eigenvalue weighted by molar-refractivity contribution is 5.94. The quantitative estimate of drug-likeness (QED) is 0.792. The molecule has 4 nitrogen and oxygen atoms in total. The van der Waals surface area contributed by atoms with Crippen LogP contribution in [-0.2, 0) is 6.18 Å². The third-order valence-corrected chi connectivity index (χ3v) is 3.85. The number of carbonyl (C=O) groups excluding carboxylic acids is 1. The van der Waals surface area contributed by atoms with Gasteiger partial charge in [0.25, 0.3) is 5.91 Å². The number of rotatable bonds is 3. The van der Waals surface area contributed by atoms with Gasteiger partial charge in [-0.1, -0.05) is 6.07 Å². The first-order valence-corrected chi connectivity index (χ1v) is 7.57. The molecule has 1 unspecified atom stereocenters. The van der Waals surface area contributed by atoms with Crippen LogP contribution in [0.25, 0.3) is 0 Å². The number of likely N-dealkylation sites (tertiary alicyclic amines) is 1. The van der Waals surface area contributed by atoms with Gasteiger partial charge in [0, 0.05) is 30.8 Å². The molecule has 1 aliphatic rings. The van der Waals surface area contributed by atoms with Crippen molar-refractivity contribution in [2.24, 2.45) is 0 Å². The molecule has 2 aromatic rings. The van der Waals surface area contributed by atoms with E-state index in [4.69, 9.17) is 4.74 Å². The standard InChI is InChI=1S/C17H14F4N2O2/c18-13-3-1-2-11(8-13)16(24)23-7-5-14(10-23)25-15-9-12(4-6-22-15)17(19,20)21/h1-4,6,8-9,14H,5,7,10H2. The van der Waals surface area contributed by atoms with Gasteiger partial charge in [0.15, 0.2) is 0 Å². The van der Waals surface area contributed by atoms with Crippen LogP contribution < -0.4 is 4.74 Å². The minimum absolute atomic E-state index is 0.139. The molecule has 132 valence electrons. The molecule has 1 aromatic heterocycles. The Labute approximate surface area is 141 Å². The molecule has 0 bridgehead atoms. The Morgan fingerprint density at radius 1 is 1.24 bits per heavy atom. The molecule has 0 spiro atoms. The second kappa shape index (κ2) is 6.70. The van der Waals surface area contributed by atoms with Gasteiger partial charge < -0.3 is 9.64 Å². The lowest BCUT2D eigenvalue weighted by molar-refractivity contribution is -0.137. The highest BCUT2D eigenvalue weighted by Crippen LogP contribution is 2.31. The smallest absolute Gasteiger partial charge is 0.416 e.